The molecule has 12 rings (SSSR count). The third-order valence-corrected chi connectivity index (χ3v) is 11.4. The quantitative estimate of drug-likeness (QED) is 0.173. The van der Waals surface area contributed by atoms with E-state index in [0.717, 1.165) is 6.07 Å². The first-order valence-corrected chi connectivity index (χ1v) is 18.4. The van der Waals surface area contributed by atoms with E-state index in [0.29, 0.717) is 16.2 Å². The average Bonchev–Trinajstić information content (AvgIpc) is 1.43. The van der Waals surface area contributed by atoms with Crippen LogP contribution in [0.25, 0.3) is 86.3 Å². The predicted octanol–water partition coefficient (Wildman–Crippen LogP) is 16.2. The fourth-order valence-corrected chi connectivity index (χ4v) is 8.72. The standard InChI is InChI=1S/C55H37NOS/c1-55(2)45-23-8-5-18-43(45)51-46(55)24-13-25-47(51)56(36-30-28-35(29-31-36)38-20-12-22-42-40-17-7-10-27-50(40)58-54(38)42)48-33-32-41(39-21-11-15-34-14-3-4-16-37(34)39)53-52(48)44-19-6-9-26-49(44)57-53/h3-33H,1-2H3/i3D,4D,5D,6D,7D,8D,9D,10D,11D,12D,13D,14D,15D,16D,17D,18D,19D,20D,21D,23D,24D,25D,26D,27D,28D,29D,30D,31D,32D,33D. The molecule has 274 valence electrons. The Morgan fingerprint density at radius 1 is 0.517 bits per heavy atom. The van der Waals surface area contributed by atoms with Gasteiger partial charge in [-0.15, -0.1) is 11.3 Å². The van der Waals surface area contributed by atoms with E-state index < -0.39 is 270 Å². The zero-order chi connectivity index (χ0) is 64.6. The van der Waals surface area contributed by atoms with Crippen molar-refractivity contribution in [3.05, 3.63) is 198 Å². The van der Waals surface area contributed by atoms with Crippen LogP contribution in [0.5, 0.6) is 0 Å². The third kappa shape index (κ3) is 4.77. The molecular formula is C55H37NOS. The van der Waals surface area contributed by atoms with E-state index in [1.54, 1.807) is 0 Å². The predicted molar refractivity (Wildman–Crippen MR) is 247 cm³/mol. The van der Waals surface area contributed by atoms with Crippen molar-refractivity contribution in [3.8, 4) is 33.4 Å². The van der Waals surface area contributed by atoms with Crippen molar-refractivity contribution in [1.29, 1.82) is 0 Å². The van der Waals surface area contributed by atoms with E-state index in [9.17, 15) is 20.6 Å². The molecule has 1 aliphatic rings. The van der Waals surface area contributed by atoms with Gasteiger partial charge in [-0.3, -0.25) is 0 Å². The molecule has 0 unspecified atom stereocenters. The van der Waals surface area contributed by atoms with Gasteiger partial charge in [0, 0.05) is 47.8 Å². The Morgan fingerprint density at radius 3 is 2.10 bits per heavy atom. The van der Waals surface area contributed by atoms with Crippen molar-refractivity contribution in [3.63, 3.8) is 0 Å². The van der Waals surface area contributed by atoms with Crippen LogP contribution < -0.4 is 4.90 Å². The summed E-state index contributed by atoms with van der Waals surface area (Å²) in [5.41, 5.74) is -10.3. The topological polar surface area (TPSA) is 16.4 Å². The molecule has 1 aliphatic carbocycles. The minimum Gasteiger partial charge on any atom is -0.455 e. The maximum atomic E-state index is 10.3. The van der Waals surface area contributed by atoms with Crippen LogP contribution >= 0.6 is 11.3 Å². The third-order valence-electron chi connectivity index (χ3n) is 10.3. The summed E-state index contributed by atoms with van der Waals surface area (Å²) in [6.45, 7) is 2.89. The molecule has 11 aromatic rings. The van der Waals surface area contributed by atoms with Crippen LogP contribution in [-0.2, 0) is 5.41 Å². The number of hydrogen-bond acceptors (Lipinski definition) is 3. The number of anilines is 3. The van der Waals surface area contributed by atoms with Crippen LogP contribution in [0.3, 0.4) is 0 Å². The second-order valence-corrected chi connectivity index (χ2v) is 14.7. The van der Waals surface area contributed by atoms with Gasteiger partial charge in [0.1, 0.15) is 11.2 Å². The summed E-state index contributed by atoms with van der Waals surface area (Å²) in [6.07, 6.45) is 0. The monoisotopic (exact) mass is 789 g/mol. The largest absolute Gasteiger partial charge is 0.455 e. The Hall–Kier alpha value is -6.94. The first-order valence-electron chi connectivity index (χ1n) is 32.6. The maximum absolute atomic E-state index is 10.3. The van der Waals surface area contributed by atoms with Crippen molar-refractivity contribution in [1.82, 2.24) is 0 Å². The zero-order valence-electron chi connectivity index (χ0n) is 59.8. The molecule has 2 nitrogen and oxygen atoms in total. The molecular weight excluding hydrogens is 723 g/mol. The number of fused-ring (bicyclic) bond motifs is 10. The van der Waals surface area contributed by atoms with Crippen LogP contribution in [0.1, 0.15) is 66.1 Å². The Balaban J connectivity index is 1.35. The number of hydrogen-bond donors (Lipinski definition) is 0. The van der Waals surface area contributed by atoms with Crippen molar-refractivity contribution in [2.24, 2.45) is 0 Å². The van der Waals surface area contributed by atoms with Gasteiger partial charge in [-0.1, -0.05) is 159 Å². The van der Waals surface area contributed by atoms with E-state index in [1.807, 2.05) is 0 Å². The summed E-state index contributed by atoms with van der Waals surface area (Å²) in [4.78, 5) is 0.634. The summed E-state index contributed by atoms with van der Waals surface area (Å²) >= 11 is 0.703. The molecule has 0 bridgehead atoms. The molecule has 2 aromatic heterocycles. The highest BCUT2D eigenvalue weighted by Crippen LogP contribution is 2.56. The van der Waals surface area contributed by atoms with E-state index in [-0.39, 0.29) is 31.3 Å². The van der Waals surface area contributed by atoms with E-state index >= 15 is 0 Å². The molecule has 58 heavy (non-hydrogen) atoms. The molecule has 0 N–H and O–H groups in total. The van der Waals surface area contributed by atoms with Gasteiger partial charge in [-0.25, -0.2) is 0 Å². The second-order valence-electron chi connectivity index (χ2n) is 13.7. The van der Waals surface area contributed by atoms with Crippen molar-refractivity contribution < 1.29 is 45.5 Å². The summed E-state index contributed by atoms with van der Waals surface area (Å²) < 4.78 is 284. The van der Waals surface area contributed by atoms with Gasteiger partial charge in [-0.05, 0) is 86.5 Å². The highest BCUT2D eigenvalue weighted by molar-refractivity contribution is 7.26. The van der Waals surface area contributed by atoms with Crippen molar-refractivity contribution in [2.45, 2.75) is 19.3 Å². The molecule has 0 aliphatic heterocycles. The number of para-hydroxylation sites is 1. The Morgan fingerprint density at radius 2 is 1.21 bits per heavy atom. The van der Waals surface area contributed by atoms with Gasteiger partial charge < -0.3 is 9.32 Å². The smallest absolute Gasteiger partial charge is 0.145 e. The fourth-order valence-electron chi connectivity index (χ4n) is 7.63. The highest BCUT2D eigenvalue weighted by Gasteiger charge is 2.38. The molecule has 0 amide bonds. The van der Waals surface area contributed by atoms with Gasteiger partial charge in [0.15, 0.2) is 0 Å². The number of nitrogens with zero attached hydrogens (tertiary/aromatic N) is 1. The highest BCUT2D eigenvalue weighted by atomic mass is 32.1. The van der Waals surface area contributed by atoms with Crippen LogP contribution in [0.15, 0.2) is 192 Å². The normalized spacial score (nSPS) is 20.4. The van der Waals surface area contributed by atoms with Gasteiger partial charge in [0.05, 0.1) is 57.9 Å². The van der Waals surface area contributed by atoms with Crippen molar-refractivity contribution >= 4 is 81.3 Å². The first-order chi connectivity index (χ1) is 41.0. The van der Waals surface area contributed by atoms with Crippen LogP contribution in [0.2, 0.25) is 0 Å². The van der Waals surface area contributed by atoms with E-state index in [1.165, 1.54) is 13.8 Å². The second kappa shape index (κ2) is 12.5. The molecule has 0 spiro atoms. The Labute approximate surface area is 383 Å². The summed E-state index contributed by atoms with van der Waals surface area (Å²) in [7, 11) is 0. The van der Waals surface area contributed by atoms with Gasteiger partial charge >= 0.3 is 0 Å². The lowest BCUT2D eigenvalue weighted by molar-refractivity contribution is 0.660. The van der Waals surface area contributed by atoms with Gasteiger partial charge in [0.2, 0.25) is 0 Å². The zero-order valence-corrected chi connectivity index (χ0v) is 30.7. The van der Waals surface area contributed by atoms with Crippen LogP contribution in [0, 0.1) is 0 Å². The van der Waals surface area contributed by atoms with Gasteiger partial charge in [0.25, 0.3) is 0 Å². The molecule has 0 fully saturated rings. The van der Waals surface area contributed by atoms with Gasteiger partial charge in [-0.2, -0.15) is 0 Å². The summed E-state index contributed by atoms with van der Waals surface area (Å²) in [5.74, 6) is 0. The summed E-state index contributed by atoms with van der Waals surface area (Å²) in [6, 6.07) is -25.2. The number of thiophene rings is 1. The molecule has 9 aromatic carbocycles. The number of benzene rings is 9. The number of rotatable bonds is 5. The first kappa shape index (κ1) is 15.1. The minimum atomic E-state index is -1.73. The van der Waals surface area contributed by atoms with E-state index in [4.69, 9.17) is 25.0 Å². The lowest BCUT2D eigenvalue weighted by Crippen LogP contribution is -2.16. The van der Waals surface area contributed by atoms with Crippen molar-refractivity contribution in [2.75, 3.05) is 4.90 Å². The fraction of sp³-hybridized carbons (Fsp3) is 0.0545. The Kier molecular flexibility index (Phi) is 3.26. The molecule has 0 radical (unpaired) electrons. The molecule has 3 heteroatoms. The van der Waals surface area contributed by atoms with Crippen LogP contribution in [-0.4, -0.2) is 0 Å². The summed E-state index contributed by atoms with van der Waals surface area (Å²) in [5, 5.41) is -2.86. The lowest BCUT2D eigenvalue weighted by Gasteiger charge is -2.30. The maximum Gasteiger partial charge on any atom is 0.145 e. The van der Waals surface area contributed by atoms with E-state index in [2.05, 4.69) is 0 Å². The molecule has 0 saturated heterocycles. The lowest BCUT2D eigenvalue weighted by atomic mass is 9.82. The average molecular weight is 790 g/mol. The SMILES string of the molecule is [2H]c1cc2c(sc3c([2H])c([2H])c([2H])c([2H])c32)c(-c2c([2H])c([2H])c(N(c3c([2H])c([2H])c([2H])c4c3-c3c([2H])c([2H])c([2H])c([2H])c3C4(C)C)c3c([2H])c([2H])c(-c4c([2H])c([2H])c([2H])c5c([2H])c([2H])c([2H])c([2H])c45)c4oc5c([2H])c([2H])c([2H])c([2H])c5c34)c([2H])c2[2H])c1[2H]. The minimum absolute atomic E-state index is 0.0286. The molecule has 0 atom stereocenters. The molecule has 0 saturated carbocycles. The Bertz CT molecular complexity index is 5160. The number of furan rings is 1. The van der Waals surface area contributed by atoms with Crippen LogP contribution in [0.4, 0.5) is 17.1 Å². The molecule has 2 heterocycles.